The van der Waals surface area contributed by atoms with Crippen molar-refractivity contribution in [2.75, 3.05) is 19.6 Å². The first-order valence-electron chi connectivity index (χ1n) is 17.1. The van der Waals surface area contributed by atoms with E-state index in [4.69, 9.17) is 14.4 Å². The van der Waals surface area contributed by atoms with Crippen molar-refractivity contribution >= 4 is 28.3 Å². The van der Waals surface area contributed by atoms with Crippen LogP contribution in [0.15, 0.2) is 52.9 Å². The Kier molecular flexibility index (Phi) is 8.11. The predicted octanol–water partition coefficient (Wildman–Crippen LogP) is 7.60. The molecule has 0 bridgehead atoms. The van der Waals surface area contributed by atoms with Crippen molar-refractivity contribution in [2.45, 2.75) is 72.1 Å². The molecule has 1 aliphatic carbocycles. The normalized spacial score (nSPS) is 18.0. The van der Waals surface area contributed by atoms with Crippen molar-refractivity contribution in [1.29, 1.82) is 5.26 Å². The van der Waals surface area contributed by atoms with E-state index in [-0.39, 0.29) is 5.91 Å². The van der Waals surface area contributed by atoms with Crippen LogP contribution in [-0.4, -0.2) is 51.4 Å². The molecule has 0 radical (unpaired) electrons. The average molecular weight is 657 g/mol. The fourth-order valence-corrected chi connectivity index (χ4v) is 8.58. The number of nitrogens with one attached hydrogen (secondary N) is 1. The topological polar surface area (TPSA) is 98.3 Å². The summed E-state index contributed by atoms with van der Waals surface area (Å²) < 4.78 is 6.32. The zero-order valence-electron chi connectivity index (χ0n) is 27.8. The van der Waals surface area contributed by atoms with Crippen LogP contribution in [0.5, 0.6) is 0 Å². The molecular weight excluding hydrogens is 617 g/mol. The number of nitriles is 1. The van der Waals surface area contributed by atoms with Crippen LogP contribution in [-0.2, 0) is 24.4 Å². The summed E-state index contributed by atoms with van der Waals surface area (Å²) in [6.07, 6.45) is 4.82. The van der Waals surface area contributed by atoms with Crippen molar-refractivity contribution in [3.05, 3.63) is 81.4 Å². The summed E-state index contributed by atoms with van der Waals surface area (Å²) in [4.78, 5) is 28.3. The number of carbonyl (C=O) groups is 1. The first-order chi connectivity index (χ1) is 23.3. The van der Waals surface area contributed by atoms with E-state index in [0.29, 0.717) is 48.6 Å². The molecule has 1 saturated heterocycles. The smallest absolute Gasteiger partial charge is 0.237 e. The highest BCUT2D eigenvalue weighted by Crippen LogP contribution is 2.40. The molecule has 8 rings (SSSR count). The van der Waals surface area contributed by atoms with Gasteiger partial charge in [0.1, 0.15) is 16.6 Å². The van der Waals surface area contributed by atoms with Crippen LogP contribution in [0.3, 0.4) is 0 Å². The Morgan fingerprint density at radius 3 is 2.46 bits per heavy atom. The van der Waals surface area contributed by atoms with Gasteiger partial charge in [-0.05, 0) is 91.6 Å². The van der Waals surface area contributed by atoms with Crippen molar-refractivity contribution in [3.8, 4) is 39.2 Å². The van der Waals surface area contributed by atoms with Gasteiger partial charge in [0.2, 0.25) is 11.8 Å². The number of rotatable bonds is 8. The largest absolute Gasteiger partial charge is 0.435 e. The number of amides is 1. The summed E-state index contributed by atoms with van der Waals surface area (Å²) in [6.45, 7) is 11.2. The lowest BCUT2D eigenvalue weighted by Crippen LogP contribution is -2.42. The van der Waals surface area contributed by atoms with Crippen LogP contribution in [0.2, 0.25) is 0 Å². The minimum atomic E-state index is 0.155. The second-order valence-electron chi connectivity index (χ2n) is 13.9. The van der Waals surface area contributed by atoms with Gasteiger partial charge in [0, 0.05) is 35.1 Å². The van der Waals surface area contributed by atoms with E-state index in [1.165, 1.54) is 30.6 Å². The van der Waals surface area contributed by atoms with Gasteiger partial charge in [0.15, 0.2) is 5.58 Å². The van der Waals surface area contributed by atoms with Gasteiger partial charge in [-0.2, -0.15) is 5.26 Å². The molecule has 1 N–H and O–H groups in total. The molecule has 5 aromatic rings. The third-order valence-electron chi connectivity index (χ3n) is 10.5. The zero-order chi connectivity index (χ0) is 32.9. The second kappa shape index (κ2) is 12.6. The van der Waals surface area contributed by atoms with E-state index < -0.39 is 0 Å². The van der Waals surface area contributed by atoms with E-state index in [2.05, 4.69) is 67.4 Å². The molecule has 1 atom stereocenters. The number of likely N-dealkylation sites (tertiary alicyclic amines) is 1. The van der Waals surface area contributed by atoms with Gasteiger partial charge in [0.05, 0.1) is 30.9 Å². The lowest BCUT2D eigenvalue weighted by Gasteiger charge is -2.27. The third kappa shape index (κ3) is 5.72. The van der Waals surface area contributed by atoms with Gasteiger partial charge in [-0.15, -0.1) is 11.3 Å². The van der Waals surface area contributed by atoms with E-state index in [1.807, 2.05) is 23.1 Å². The SMILES string of the molecule is Cc1c(-c2nc3cc(CN4CC[C@H](C)C4)cc(C#N)c3o2)cccc1-c1cccc(-c2nc3c(s2)CN(C(=O)CNC2CCC2)C3)c1C. The Balaban J connectivity index is 1.05. The molecular formula is C39H40N6O2S. The fourth-order valence-electron chi connectivity index (χ4n) is 7.41. The van der Waals surface area contributed by atoms with Crippen LogP contribution in [0.1, 0.15) is 65.4 Å². The Labute approximate surface area is 285 Å². The van der Waals surface area contributed by atoms with Crippen LogP contribution >= 0.6 is 11.3 Å². The van der Waals surface area contributed by atoms with Gasteiger partial charge < -0.3 is 14.6 Å². The summed E-state index contributed by atoms with van der Waals surface area (Å²) in [5.74, 6) is 1.39. The number of oxazole rings is 1. The van der Waals surface area contributed by atoms with Crippen LogP contribution in [0, 0.1) is 31.1 Å². The minimum Gasteiger partial charge on any atom is -0.435 e. The van der Waals surface area contributed by atoms with Gasteiger partial charge in [-0.1, -0.05) is 43.7 Å². The summed E-state index contributed by atoms with van der Waals surface area (Å²) in [5.41, 5.74) is 10.4. The molecule has 2 aromatic heterocycles. The predicted molar refractivity (Wildman–Crippen MR) is 189 cm³/mol. The first kappa shape index (κ1) is 30.9. The summed E-state index contributed by atoms with van der Waals surface area (Å²) in [5, 5.41) is 14.4. The Morgan fingerprint density at radius 2 is 1.77 bits per heavy atom. The fraction of sp³-hybridized carbons (Fsp3) is 0.385. The molecule has 1 saturated carbocycles. The summed E-state index contributed by atoms with van der Waals surface area (Å²) in [7, 11) is 0. The molecule has 2 fully saturated rings. The van der Waals surface area contributed by atoms with Crippen LogP contribution in [0.4, 0.5) is 0 Å². The molecule has 48 heavy (non-hydrogen) atoms. The van der Waals surface area contributed by atoms with E-state index in [9.17, 15) is 10.1 Å². The maximum atomic E-state index is 12.8. The van der Waals surface area contributed by atoms with E-state index in [1.54, 1.807) is 11.3 Å². The van der Waals surface area contributed by atoms with Crippen molar-refractivity contribution in [3.63, 3.8) is 0 Å². The molecule has 9 heteroatoms. The molecule has 1 amide bonds. The van der Waals surface area contributed by atoms with Crippen molar-refractivity contribution in [1.82, 2.24) is 25.1 Å². The van der Waals surface area contributed by atoms with Crippen LogP contribution < -0.4 is 5.32 Å². The van der Waals surface area contributed by atoms with Crippen molar-refractivity contribution < 1.29 is 9.21 Å². The van der Waals surface area contributed by atoms with Crippen molar-refractivity contribution in [2.24, 2.45) is 5.92 Å². The summed E-state index contributed by atoms with van der Waals surface area (Å²) in [6, 6.07) is 19.5. The molecule has 2 aliphatic heterocycles. The lowest BCUT2D eigenvalue weighted by atomic mass is 9.91. The number of nitrogens with zero attached hydrogens (tertiary/aromatic N) is 5. The number of fused-ring (bicyclic) bond motifs is 2. The Morgan fingerprint density at radius 1 is 1.02 bits per heavy atom. The molecule has 0 spiro atoms. The standard InChI is InChI=1S/C39H40N6O2S/c1-23-13-14-44(19-23)20-26-15-27(17-40)37-33(16-26)42-38(47-37)31-11-5-9-29(24(31)2)30-10-6-12-32(25(30)3)39-43-34-21-45(22-35(34)48-39)36(46)18-41-28-7-4-8-28/h5-6,9-12,15-16,23,28,41H,4,7-8,13-14,18-22H2,1-3H3/t23-/m0/s1. The average Bonchev–Trinajstić information content (AvgIpc) is 3.84. The number of benzene rings is 3. The molecule has 244 valence electrons. The maximum Gasteiger partial charge on any atom is 0.237 e. The molecule has 3 aromatic carbocycles. The second-order valence-corrected chi connectivity index (χ2v) is 14.9. The number of aromatic nitrogens is 2. The van der Waals surface area contributed by atoms with Gasteiger partial charge in [0.25, 0.3) is 0 Å². The molecule has 8 nitrogen and oxygen atoms in total. The zero-order valence-corrected chi connectivity index (χ0v) is 28.6. The lowest BCUT2D eigenvalue weighted by molar-refractivity contribution is -0.131. The number of carbonyl (C=O) groups excluding carboxylic acids is 1. The maximum absolute atomic E-state index is 12.8. The van der Waals surface area contributed by atoms with Gasteiger partial charge in [-0.25, -0.2) is 9.97 Å². The highest BCUT2D eigenvalue weighted by atomic mass is 32.1. The molecule has 0 unspecified atom stereocenters. The highest BCUT2D eigenvalue weighted by molar-refractivity contribution is 7.15. The van der Waals surface area contributed by atoms with Gasteiger partial charge >= 0.3 is 0 Å². The Bertz CT molecular complexity index is 2060. The minimum absolute atomic E-state index is 0.155. The highest BCUT2D eigenvalue weighted by Gasteiger charge is 2.29. The van der Waals surface area contributed by atoms with Gasteiger partial charge in [-0.3, -0.25) is 9.69 Å². The van der Waals surface area contributed by atoms with E-state index in [0.717, 1.165) is 74.8 Å². The molecule has 3 aliphatic rings. The van der Waals surface area contributed by atoms with E-state index >= 15 is 0 Å². The number of hydrogen-bond acceptors (Lipinski definition) is 8. The first-order valence-corrected chi connectivity index (χ1v) is 17.9. The number of hydrogen-bond donors (Lipinski definition) is 1. The van der Waals surface area contributed by atoms with Crippen LogP contribution in [0.25, 0.3) is 44.3 Å². The monoisotopic (exact) mass is 656 g/mol. The number of thiazole rings is 1. The Hall–Kier alpha value is -4.36. The third-order valence-corrected chi connectivity index (χ3v) is 11.6. The quantitative estimate of drug-likeness (QED) is 0.184. The summed E-state index contributed by atoms with van der Waals surface area (Å²) >= 11 is 1.70. The molecule has 4 heterocycles.